The summed E-state index contributed by atoms with van der Waals surface area (Å²) >= 11 is 6.14. The lowest BCUT2D eigenvalue weighted by Crippen LogP contribution is -2.50. The van der Waals surface area contributed by atoms with Crippen LogP contribution in [0.1, 0.15) is 36.7 Å². The Morgan fingerprint density at radius 2 is 1.69 bits per heavy atom. The molecule has 51 heavy (non-hydrogen) atoms. The van der Waals surface area contributed by atoms with Gasteiger partial charge >= 0.3 is 17.8 Å². The second kappa shape index (κ2) is 15.9. The molecule has 4 aromatic rings. The fourth-order valence-corrected chi connectivity index (χ4v) is 5.90. The van der Waals surface area contributed by atoms with Gasteiger partial charge in [0.05, 0.1) is 23.5 Å². The molecule has 0 unspecified atom stereocenters. The SMILES string of the molecule is CCN1CCN(c2ccc(C[C@H](C(=O)Nc3ccc(C(=O)O)cc3)C(C)(C)CNC(=O)C(=O)Nc3cc(Cl)ccc3-n3cnnn3)cc2)C(=O)C1. The first-order valence-electron chi connectivity index (χ1n) is 16.2. The van der Waals surface area contributed by atoms with Crippen molar-refractivity contribution in [2.75, 3.05) is 48.3 Å². The van der Waals surface area contributed by atoms with Crippen molar-refractivity contribution in [3.8, 4) is 5.69 Å². The number of rotatable bonds is 12. The van der Waals surface area contributed by atoms with Crippen LogP contribution in [0.25, 0.3) is 5.69 Å². The fraction of sp³-hybridized carbons (Fsp3) is 0.314. The number of halogens is 1. The normalized spacial score (nSPS) is 14.1. The molecule has 266 valence electrons. The van der Waals surface area contributed by atoms with Gasteiger partial charge in [-0.1, -0.05) is 44.5 Å². The van der Waals surface area contributed by atoms with E-state index in [0.29, 0.717) is 29.5 Å². The molecular weight excluding hydrogens is 678 g/mol. The molecule has 1 fully saturated rings. The van der Waals surface area contributed by atoms with Crippen LogP contribution in [0.4, 0.5) is 17.1 Å². The average Bonchev–Trinajstić information content (AvgIpc) is 3.65. The average molecular weight is 716 g/mol. The third-order valence-corrected chi connectivity index (χ3v) is 9.04. The maximum absolute atomic E-state index is 13.9. The Bertz CT molecular complexity index is 1900. The Kier molecular flexibility index (Phi) is 11.4. The molecule has 4 N–H and O–H groups in total. The third kappa shape index (κ3) is 9.12. The van der Waals surface area contributed by atoms with E-state index in [0.717, 1.165) is 24.3 Å². The number of hydrogen-bond acceptors (Lipinski definition) is 9. The van der Waals surface area contributed by atoms with Gasteiger partial charge in [-0.3, -0.25) is 24.1 Å². The van der Waals surface area contributed by atoms with Gasteiger partial charge in [0, 0.05) is 41.9 Å². The van der Waals surface area contributed by atoms with Crippen LogP contribution in [0.3, 0.4) is 0 Å². The molecule has 2 heterocycles. The van der Waals surface area contributed by atoms with Crippen molar-refractivity contribution in [2.24, 2.45) is 11.3 Å². The molecule has 0 radical (unpaired) electrons. The predicted molar refractivity (Wildman–Crippen MR) is 190 cm³/mol. The summed E-state index contributed by atoms with van der Waals surface area (Å²) in [7, 11) is 0. The standard InChI is InChI=1S/C35H38ClN9O6/c1-4-43-15-16-44(30(46)19-43)26-12-5-22(6-13-26)17-27(31(47)39-25-10-7-23(8-11-25)34(50)51)35(2,3)20-37-32(48)33(49)40-28-18-24(36)9-14-29(28)45-21-38-41-42-45/h5-14,18,21,27H,4,15-17,19-20H2,1-3H3,(H,37,48)(H,39,47)(H,40,49)(H,50,51)/t27-/m1/s1. The van der Waals surface area contributed by atoms with Crippen molar-refractivity contribution in [2.45, 2.75) is 27.2 Å². The van der Waals surface area contributed by atoms with Crippen LogP contribution in [0.2, 0.25) is 5.02 Å². The largest absolute Gasteiger partial charge is 0.478 e. The first kappa shape index (κ1) is 36.6. The van der Waals surface area contributed by atoms with Crippen LogP contribution >= 0.6 is 11.6 Å². The second-order valence-corrected chi connectivity index (χ2v) is 13.2. The highest BCUT2D eigenvalue weighted by Crippen LogP contribution is 2.32. The molecule has 0 spiro atoms. The molecule has 0 saturated carbocycles. The molecule has 16 heteroatoms. The van der Waals surface area contributed by atoms with Gasteiger partial charge in [-0.15, -0.1) is 5.10 Å². The van der Waals surface area contributed by atoms with Gasteiger partial charge in [0.25, 0.3) is 0 Å². The van der Waals surface area contributed by atoms with Crippen molar-refractivity contribution in [1.29, 1.82) is 0 Å². The van der Waals surface area contributed by atoms with Crippen LogP contribution in [0.5, 0.6) is 0 Å². The summed E-state index contributed by atoms with van der Waals surface area (Å²) in [5.74, 6) is -4.09. The van der Waals surface area contributed by atoms with Crippen LogP contribution in [-0.2, 0) is 25.6 Å². The number of carboxylic acids is 1. The van der Waals surface area contributed by atoms with E-state index < -0.39 is 29.1 Å². The molecule has 1 aromatic heterocycles. The number of tetrazole rings is 1. The van der Waals surface area contributed by atoms with Gasteiger partial charge in [0.2, 0.25) is 11.8 Å². The van der Waals surface area contributed by atoms with Crippen LogP contribution in [-0.4, -0.2) is 92.5 Å². The quantitative estimate of drug-likeness (QED) is 0.158. The summed E-state index contributed by atoms with van der Waals surface area (Å²) in [6, 6.07) is 17.9. The summed E-state index contributed by atoms with van der Waals surface area (Å²) in [4.78, 5) is 67.9. The highest BCUT2D eigenvalue weighted by Gasteiger charge is 2.36. The molecule has 0 aliphatic carbocycles. The van der Waals surface area contributed by atoms with E-state index in [1.807, 2.05) is 31.2 Å². The Morgan fingerprint density at radius 3 is 2.31 bits per heavy atom. The second-order valence-electron chi connectivity index (χ2n) is 12.8. The van der Waals surface area contributed by atoms with Crippen molar-refractivity contribution >= 4 is 58.3 Å². The lowest BCUT2D eigenvalue weighted by atomic mass is 9.74. The Morgan fingerprint density at radius 1 is 0.961 bits per heavy atom. The van der Waals surface area contributed by atoms with E-state index in [1.54, 1.807) is 30.9 Å². The molecule has 4 amide bonds. The number of hydrogen-bond donors (Lipinski definition) is 4. The van der Waals surface area contributed by atoms with Crippen LogP contribution < -0.4 is 20.9 Å². The van der Waals surface area contributed by atoms with Gasteiger partial charge in [-0.25, -0.2) is 4.79 Å². The topological polar surface area (TPSA) is 192 Å². The maximum Gasteiger partial charge on any atom is 0.335 e. The minimum atomic E-state index is -1.09. The van der Waals surface area contributed by atoms with Crippen molar-refractivity contribution in [3.63, 3.8) is 0 Å². The van der Waals surface area contributed by atoms with Crippen molar-refractivity contribution in [3.05, 3.63) is 89.2 Å². The minimum absolute atomic E-state index is 0.0184. The first-order valence-corrected chi connectivity index (χ1v) is 16.6. The van der Waals surface area contributed by atoms with E-state index in [2.05, 4.69) is 36.4 Å². The van der Waals surface area contributed by atoms with Crippen molar-refractivity contribution < 1.29 is 29.1 Å². The number of carbonyl (C=O) groups is 5. The highest BCUT2D eigenvalue weighted by molar-refractivity contribution is 6.40. The summed E-state index contributed by atoms with van der Waals surface area (Å²) < 4.78 is 1.31. The molecule has 15 nitrogen and oxygen atoms in total. The number of nitrogens with one attached hydrogen (secondary N) is 3. The zero-order valence-corrected chi connectivity index (χ0v) is 29.1. The molecule has 1 saturated heterocycles. The van der Waals surface area contributed by atoms with Gasteiger partial charge in [0.15, 0.2) is 0 Å². The molecule has 1 aliphatic rings. The van der Waals surface area contributed by atoms with Gasteiger partial charge in [-0.05, 0) is 89.0 Å². The molecular formula is C35H38ClN9O6. The molecule has 1 atom stereocenters. The number of aromatic nitrogens is 4. The minimum Gasteiger partial charge on any atom is -0.478 e. The lowest BCUT2D eigenvalue weighted by molar-refractivity contribution is -0.136. The van der Waals surface area contributed by atoms with E-state index in [1.165, 1.54) is 41.3 Å². The fourth-order valence-electron chi connectivity index (χ4n) is 5.73. The van der Waals surface area contributed by atoms with Crippen molar-refractivity contribution in [1.82, 2.24) is 30.4 Å². The number of carbonyl (C=O) groups excluding carboxylic acids is 4. The molecule has 3 aromatic carbocycles. The molecule has 1 aliphatic heterocycles. The monoisotopic (exact) mass is 715 g/mol. The predicted octanol–water partition coefficient (Wildman–Crippen LogP) is 3.26. The highest BCUT2D eigenvalue weighted by atomic mass is 35.5. The third-order valence-electron chi connectivity index (χ3n) is 8.81. The Hall–Kier alpha value is -5.67. The number of nitrogens with zero attached hydrogens (tertiary/aromatic N) is 6. The summed E-state index contributed by atoms with van der Waals surface area (Å²) in [6.45, 7) is 8.08. The van der Waals surface area contributed by atoms with E-state index in [-0.39, 0.29) is 36.0 Å². The summed E-state index contributed by atoms with van der Waals surface area (Å²) in [5, 5.41) is 28.7. The number of amides is 4. The van der Waals surface area contributed by atoms with E-state index >= 15 is 0 Å². The number of benzene rings is 3. The first-order chi connectivity index (χ1) is 24.3. The lowest BCUT2D eigenvalue weighted by Gasteiger charge is -2.34. The molecule has 0 bridgehead atoms. The Labute approximate surface area is 298 Å². The smallest absolute Gasteiger partial charge is 0.335 e. The number of anilines is 3. The van der Waals surface area contributed by atoms with E-state index in [4.69, 9.17) is 11.6 Å². The van der Waals surface area contributed by atoms with Crippen LogP contribution in [0.15, 0.2) is 73.1 Å². The van der Waals surface area contributed by atoms with Gasteiger partial charge in [-0.2, -0.15) is 4.68 Å². The van der Waals surface area contributed by atoms with Gasteiger partial charge in [0.1, 0.15) is 6.33 Å². The summed E-state index contributed by atoms with van der Waals surface area (Å²) in [5.41, 5.74) is 1.74. The maximum atomic E-state index is 13.9. The zero-order chi connectivity index (χ0) is 36.7. The van der Waals surface area contributed by atoms with Gasteiger partial charge < -0.3 is 26.0 Å². The zero-order valence-electron chi connectivity index (χ0n) is 28.3. The number of aromatic carboxylic acids is 1. The summed E-state index contributed by atoms with van der Waals surface area (Å²) in [6.07, 6.45) is 1.58. The Balaban J connectivity index is 1.31. The molecule has 5 rings (SSSR count). The van der Waals surface area contributed by atoms with E-state index in [9.17, 15) is 29.1 Å². The number of carboxylic acid groups (broad SMARTS) is 1. The number of piperazine rings is 1. The number of likely N-dealkylation sites (N-methyl/N-ethyl adjacent to an activating group) is 1. The van der Waals surface area contributed by atoms with Crippen LogP contribution in [0, 0.1) is 11.3 Å².